The summed E-state index contributed by atoms with van der Waals surface area (Å²) in [5, 5.41) is 3.42. The Morgan fingerprint density at radius 1 is 1.37 bits per heavy atom. The van der Waals surface area contributed by atoms with Gasteiger partial charge in [-0.25, -0.2) is 4.39 Å². The summed E-state index contributed by atoms with van der Waals surface area (Å²) < 4.78 is 24.9. The third-order valence-electron chi connectivity index (χ3n) is 3.46. The molecule has 1 atom stereocenters. The smallest absolute Gasteiger partial charge is 0.177 e. The number of benzene rings is 1. The lowest BCUT2D eigenvalue weighted by Gasteiger charge is -2.18. The second kappa shape index (κ2) is 6.48. The second-order valence-corrected chi connectivity index (χ2v) is 5.43. The van der Waals surface area contributed by atoms with E-state index in [9.17, 15) is 4.39 Å². The van der Waals surface area contributed by atoms with E-state index in [0.29, 0.717) is 22.4 Å². The topological polar surface area (TPSA) is 30.5 Å². The van der Waals surface area contributed by atoms with Crippen molar-refractivity contribution in [1.29, 1.82) is 0 Å². The van der Waals surface area contributed by atoms with E-state index in [1.54, 1.807) is 20.3 Å². The molecule has 1 heterocycles. The van der Waals surface area contributed by atoms with Gasteiger partial charge in [0.1, 0.15) is 5.82 Å². The van der Waals surface area contributed by atoms with Gasteiger partial charge in [0, 0.05) is 11.6 Å². The largest absolute Gasteiger partial charge is 0.493 e. The van der Waals surface area contributed by atoms with Crippen LogP contribution in [0.4, 0.5) is 4.39 Å². The Bertz CT molecular complexity index is 448. The first kappa shape index (κ1) is 14.5. The number of ether oxygens (including phenoxy) is 2. The Hall–Kier alpha value is -0.940. The van der Waals surface area contributed by atoms with Crippen molar-refractivity contribution in [3.05, 3.63) is 17.4 Å². The third-order valence-corrected chi connectivity index (χ3v) is 4.25. The lowest BCUT2D eigenvalue weighted by atomic mass is 10.0. The molecule has 106 valence electrons. The van der Waals surface area contributed by atoms with Gasteiger partial charge >= 0.3 is 0 Å². The Morgan fingerprint density at radius 3 is 2.63 bits per heavy atom. The second-order valence-electron chi connectivity index (χ2n) is 4.61. The minimum Gasteiger partial charge on any atom is -0.493 e. The van der Waals surface area contributed by atoms with Crippen molar-refractivity contribution in [3.8, 4) is 11.5 Å². The maximum Gasteiger partial charge on any atom is 0.177 e. The summed E-state index contributed by atoms with van der Waals surface area (Å²) in [5.74, 6) is 0.920. The molecule has 0 aliphatic carbocycles. The summed E-state index contributed by atoms with van der Waals surface area (Å²) in [7, 11) is 3.15. The molecule has 1 aromatic rings. The maximum absolute atomic E-state index is 14.1. The van der Waals surface area contributed by atoms with E-state index >= 15 is 0 Å². The molecule has 5 heteroatoms. The number of rotatable bonds is 5. The molecule has 1 unspecified atom stereocenters. The number of nitrogens with one attached hydrogen (secondary N) is 1. The average Bonchev–Trinajstić information content (AvgIpc) is 2.90. The fourth-order valence-electron chi connectivity index (χ4n) is 2.59. The number of halogens is 1. The van der Waals surface area contributed by atoms with E-state index in [4.69, 9.17) is 9.47 Å². The van der Waals surface area contributed by atoms with Crippen molar-refractivity contribution in [1.82, 2.24) is 5.32 Å². The van der Waals surface area contributed by atoms with Crippen molar-refractivity contribution in [2.75, 3.05) is 27.0 Å². The zero-order chi connectivity index (χ0) is 13.8. The van der Waals surface area contributed by atoms with Gasteiger partial charge in [0.2, 0.25) is 0 Å². The summed E-state index contributed by atoms with van der Waals surface area (Å²) >= 11 is 1.33. The molecule has 0 bridgehead atoms. The zero-order valence-electron chi connectivity index (χ0n) is 11.6. The summed E-state index contributed by atoms with van der Waals surface area (Å²) in [6.45, 7) is 1.04. The monoisotopic (exact) mass is 285 g/mol. The van der Waals surface area contributed by atoms with Gasteiger partial charge in [-0.05, 0) is 38.1 Å². The quantitative estimate of drug-likeness (QED) is 0.843. The van der Waals surface area contributed by atoms with Crippen LogP contribution in [0.1, 0.15) is 18.4 Å². The fraction of sp³-hybridized carbons (Fsp3) is 0.571. The first-order valence-corrected chi connectivity index (χ1v) is 7.64. The van der Waals surface area contributed by atoms with Crippen LogP contribution in [0.5, 0.6) is 11.5 Å². The van der Waals surface area contributed by atoms with Gasteiger partial charge in [0.05, 0.1) is 19.1 Å². The summed E-state index contributed by atoms with van der Waals surface area (Å²) in [6.07, 6.45) is 4.90. The fourth-order valence-corrected chi connectivity index (χ4v) is 3.20. The molecule has 1 aliphatic rings. The lowest BCUT2D eigenvalue weighted by molar-refractivity contribution is 0.338. The number of hydrogen-bond donors (Lipinski definition) is 1. The highest BCUT2D eigenvalue weighted by atomic mass is 32.2. The molecule has 2 rings (SSSR count). The molecular formula is C14H20FNO2S. The normalized spacial score (nSPS) is 18.6. The van der Waals surface area contributed by atoms with Crippen LogP contribution in [0.15, 0.2) is 11.0 Å². The van der Waals surface area contributed by atoms with E-state index in [2.05, 4.69) is 5.32 Å². The molecule has 0 spiro atoms. The molecule has 1 aromatic carbocycles. The predicted octanol–water partition coefficient (Wildman–Crippen LogP) is 2.86. The summed E-state index contributed by atoms with van der Waals surface area (Å²) in [6, 6.07) is 1.98. The van der Waals surface area contributed by atoms with Gasteiger partial charge in [0.25, 0.3) is 0 Å². The van der Waals surface area contributed by atoms with Crippen LogP contribution >= 0.6 is 11.8 Å². The van der Waals surface area contributed by atoms with Gasteiger partial charge in [-0.2, -0.15) is 0 Å². The van der Waals surface area contributed by atoms with Gasteiger partial charge in [-0.15, -0.1) is 11.8 Å². The van der Waals surface area contributed by atoms with Crippen LogP contribution in [0.2, 0.25) is 0 Å². The summed E-state index contributed by atoms with van der Waals surface area (Å²) in [4.78, 5) is 0.502. The molecule has 1 saturated heterocycles. The van der Waals surface area contributed by atoms with Crippen LogP contribution in [0.25, 0.3) is 0 Å². The Labute approximate surface area is 117 Å². The molecule has 1 N–H and O–H groups in total. The van der Waals surface area contributed by atoms with Crippen LogP contribution in [-0.4, -0.2) is 33.1 Å². The van der Waals surface area contributed by atoms with Crippen molar-refractivity contribution in [2.45, 2.75) is 30.2 Å². The van der Waals surface area contributed by atoms with E-state index < -0.39 is 0 Å². The molecule has 0 aromatic heterocycles. The van der Waals surface area contributed by atoms with Crippen molar-refractivity contribution in [2.24, 2.45) is 0 Å². The highest BCUT2D eigenvalue weighted by Crippen LogP contribution is 2.41. The Morgan fingerprint density at radius 2 is 2.11 bits per heavy atom. The van der Waals surface area contributed by atoms with Crippen molar-refractivity contribution in [3.63, 3.8) is 0 Å². The van der Waals surface area contributed by atoms with Crippen LogP contribution in [0, 0.1) is 5.82 Å². The van der Waals surface area contributed by atoms with E-state index in [0.717, 1.165) is 24.9 Å². The van der Waals surface area contributed by atoms with E-state index in [1.807, 2.05) is 6.26 Å². The minimum absolute atomic E-state index is 0.238. The first-order valence-electron chi connectivity index (χ1n) is 6.42. The van der Waals surface area contributed by atoms with Crippen molar-refractivity contribution >= 4 is 11.8 Å². The molecule has 1 aliphatic heterocycles. The molecule has 1 fully saturated rings. The van der Waals surface area contributed by atoms with Gasteiger partial charge in [0.15, 0.2) is 11.5 Å². The molecule has 3 nitrogen and oxygen atoms in total. The molecule has 0 saturated carbocycles. The molecular weight excluding hydrogens is 265 g/mol. The SMILES string of the molecule is COc1c(CC2CCCN2)cc(F)c(SC)c1OC. The highest BCUT2D eigenvalue weighted by Gasteiger charge is 2.23. The highest BCUT2D eigenvalue weighted by molar-refractivity contribution is 7.98. The summed E-state index contributed by atoms with van der Waals surface area (Å²) in [5.41, 5.74) is 0.869. The number of methoxy groups -OCH3 is 2. The molecule has 0 radical (unpaired) electrons. The van der Waals surface area contributed by atoms with Crippen LogP contribution in [0.3, 0.4) is 0 Å². The van der Waals surface area contributed by atoms with E-state index in [1.165, 1.54) is 18.2 Å². The average molecular weight is 285 g/mol. The first-order chi connectivity index (χ1) is 9.21. The van der Waals surface area contributed by atoms with Crippen LogP contribution < -0.4 is 14.8 Å². The standard InChI is InChI=1S/C14H20FNO2S/c1-17-12-9(7-10-5-4-6-16-10)8-11(15)14(19-3)13(12)18-2/h8,10,16H,4-7H2,1-3H3. The predicted molar refractivity (Wildman–Crippen MR) is 76.0 cm³/mol. The third kappa shape index (κ3) is 2.98. The van der Waals surface area contributed by atoms with E-state index in [-0.39, 0.29) is 5.82 Å². The maximum atomic E-state index is 14.1. The van der Waals surface area contributed by atoms with Gasteiger partial charge in [-0.3, -0.25) is 0 Å². The number of hydrogen-bond acceptors (Lipinski definition) is 4. The molecule has 19 heavy (non-hydrogen) atoms. The lowest BCUT2D eigenvalue weighted by Crippen LogP contribution is -2.24. The van der Waals surface area contributed by atoms with Gasteiger partial charge in [-0.1, -0.05) is 0 Å². The Balaban J connectivity index is 2.38. The number of thioether (sulfide) groups is 1. The van der Waals surface area contributed by atoms with Crippen LogP contribution in [-0.2, 0) is 6.42 Å². The van der Waals surface area contributed by atoms with Gasteiger partial charge < -0.3 is 14.8 Å². The molecule has 0 amide bonds. The zero-order valence-corrected chi connectivity index (χ0v) is 12.4. The van der Waals surface area contributed by atoms with Crippen molar-refractivity contribution < 1.29 is 13.9 Å². The Kier molecular flexibility index (Phi) is 4.93. The minimum atomic E-state index is -0.238.